The summed E-state index contributed by atoms with van der Waals surface area (Å²) >= 11 is 8.28. The number of fused-ring (bicyclic) bond motifs is 1. The van der Waals surface area contributed by atoms with Crippen molar-refractivity contribution in [1.82, 2.24) is 9.88 Å². The number of benzene rings is 1. The summed E-state index contributed by atoms with van der Waals surface area (Å²) in [5.74, 6) is 0.129. The summed E-state index contributed by atoms with van der Waals surface area (Å²) in [4.78, 5) is 21.9. The molecule has 0 saturated carbocycles. The lowest BCUT2D eigenvalue weighted by molar-refractivity contribution is 0.0376. The molecule has 0 atom stereocenters. The fourth-order valence-electron chi connectivity index (χ4n) is 3.13. The van der Waals surface area contributed by atoms with E-state index in [1.54, 1.807) is 17.0 Å². The van der Waals surface area contributed by atoms with Gasteiger partial charge in [-0.25, -0.2) is 4.98 Å². The lowest BCUT2D eigenvalue weighted by atomic mass is 10.3. The molecule has 6 nitrogen and oxygen atoms in total. The smallest absolute Gasteiger partial charge is 0.295 e. The van der Waals surface area contributed by atoms with E-state index in [4.69, 9.17) is 9.15 Å². The highest BCUT2D eigenvalue weighted by Gasteiger charge is 2.24. The highest BCUT2D eigenvalue weighted by molar-refractivity contribution is 9.10. The molecule has 0 aliphatic carbocycles. The van der Waals surface area contributed by atoms with E-state index in [1.807, 2.05) is 18.2 Å². The summed E-state index contributed by atoms with van der Waals surface area (Å²) in [6, 6.07) is 9.36. The number of hydrogen-bond donors (Lipinski definition) is 0. The van der Waals surface area contributed by atoms with Crippen LogP contribution in [-0.4, -0.2) is 55.2 Å². The predicted molar refractivity (Wildman–Crippen MR) is 117 cm³/mol. The van der Waals surface area contributed by atoms with Crippen molar-refractivity contribution in [3.05, 3.63) is 45.2 Å². The molecule has 9 heteroatoms. The van der Waals surface area contributed by atoms with E-state index in [9.17, 15) is 4.79 Å². The zero-order valence-electron chi connectivity index (χ0n) is 15.1. The molecule has 1 aromatic carbocycles. The normalized spacial score (nSPS) is 15.2. The molecule has 1 amide bonds. The van der Waals surface area contributed by atoms with Crippen LogP contribution in [0.4, 0.5) is 5.13 Å². The second-order valence-corrected chi connectivity index (χ2v) is 9.18. The van der Waals surface area contributed by atoms with Gasteiger partial charge >= 0.3 is 0 Å². The van der Waals surface area contributed by atoms with Crippen molar-refractivity contribution in [2.75, 3.05) is 44.3 Å². The van der Waals surface area contributed by atoms with Crippen LogP contribution in [0.1, 0.15) is 17.0 Å². The van der Waals surface area contributed by atoms with E-state index in [2.05, 4.69) is 41.7 Å². The molecule has 2 aromatic heterocycles. The number of halogens is 2. The summed E-state index contributed by atoms with van der Waals surface area (Å²) in [5, 5.41) is 0.688. The van der Waals surface area contributed by atoms with Crippen LogP contribution in [0.15, 0.2) is 43.9 Å². The van der Waals surface area contributed by atoms with Gasteiger partial charge in [0.1, 0.15) is 0 Å². The van der Waals surface area contributed by atoms with Gasteiger partial charge in [0, 0.05) is 30.7 Å². The van der Waals surface area contributed by atoms with Gasteiger partial charge in [-0.1, -0.05) is 27.3 Å². The molecule has 4 rings (SSSR count). The third kappa shape index (κ3) is 4.65. The molecule has 3 heterocycles. The molecular weight excluding hydrogens is 510 g/mol. The Morgan fingerprint density at radius 1 is 1.21 bits per heavy atom. The van der Waals surface area contributed by atoms with Crippen LogP contribution in [-0.2, 0) is 4.74 Å². The Labute approximate surface area is 183 Å². The van der Waals surface area contributed by atoms with Crippen LogP contribution in [0.5, 0.6) is 0 Å². The van der Waals surface area contributed by atoms with Gasteiger partial charge in [-0.05, 0) is 52.7 Å². The number of aromatic nitrogens is 1. The monoisotopic (exact) mass is 527 g/mol. The summed E-state index contributed by atoms with van der Waals surface area (Å²) in [7, 11) is 0. The largest absolute Gasteiger partial charge is 0.444 e. The number of carbonyl (C=O) groups excluding carboxylic acids is 1. The number of anilines is 1. The minimum absolute atomic E-state index is 0.175. The number of thiazole rings is 1. The van der Waals surface area contributed by atoms with Crippen LogP contribution in [0, 0.1) is 0 Å². The van der Waals surface area contributed by atoms with Crippen molar-refractivity contribution in [2.45, 2.75) is 6.42 Å². The van der Waals surface area contributed by atoms with Gasteiger partial charge in [-0.3, -0.25) is 14.6 Å². The van der Waals surface area contributed by atoms with Crippen LogP contribution in [0.2, 0.25) is 0 Å². The zero-order chi connectivity index (χ0) is 19.5. The van der Waals surface area contributed by atoms with Gasteiger partial charge < -0.3 is 9.15 Å². The topological polar surface area (TPSA) is 58.8 Å². The standard InChI is InChI=1S/C19H19Br2N3O3S/c20-13-2-3-14-16(12-13)28-19(22-14)24(18(25)15-4-5-17(21)27-15)7-1-6-23-8-10-26-11-9-23/h2-5,12H,1,6-11H2. The first kappa shape index (κ1) is 20.0. The molecular formula is C19H19Br2N3O3S. The molecule has 148 valence electrons. The van der Waals surface area contributed by atoms with E-state index >= 15 is 0 Å². The van der Waals surface area contributed by atoms with E-state index in [0.717, 1.165) is 54.0 Å². The Balaban J connectivity index is 1.55. The van der Waals surface area contributed by atoms with E-state index in [-0.39, 0.29) is 5.91 Å². The average molecular weight is 529 g/mol. The van der Waals surface area contributed by atoms with E-state index in [1.165, 1.54) is 11.3 Å². The van der Waals surface area contributed by atoms with E-state index < -0.39 is 0 Å². The quantitative estimate of drug-likeness (QED) is 0.460. The van der Waals surface area contributed by atoms with Gasteiger partial charge in [0.2, 0.25) is 0 Å². The van der Waals surface area contributed by atoms with Crippen molar-refractivity contribution < 1.29 is 13.9 Å². The molecule has 0 bridgehead atoms. The lowest BCUT2D eigenvalue weighted by Gasteiger charge is -2.27. The van der Waals surface area contributed by atoms with Gasteiger partial charge in [-0.2, -0.15) is 0 Å². The average Bonchev–Trinajstić information content (AvgIpc) is 3.31. The molecule has 28 heavy (non-hydrogen) atoms. The van der Waals surface area contributed by atoms with Crippen molar-refractivity contribution in [3.8, 4) is 0 Å². The summed E-state index contributed by atoms with van der Waals surface area (Å²) < 4.78 is 13.5. The SMILES string of the molecule is O=C(c1ccc(Br)o1)N(CCCN1CCOCC1)c1nc2ccc(Br)cc2s1. The highest BCUT2D eigenvalue weighted by atomic mass is 79.9. The molecule has 0 spiro atoms. The maximum absolute atomic E-state index is 13.1. The first-order chi connectivity index (χ1) is 13.6. The van der Waals surface area contributed by atoms with Crippen LogP contribution >= 0.6 is 43.2 Å². The summed E-state index contributed by atoms with van der Waals surface area (Å²) in [6.45, 7) is 4.93. The highest BCUT2D eigenvalue weighted by Crippen LogP contribution is 2.32. The number of nitrogens with zero attached hydrogens (tertiary/aromatic N) is 3. The maximum atomic E-state index is 13.1. The molecule has 1 fully saturated rings. The predicted octanol–water partition coefficient (Wildman–Crippen LogP) is 4.78. The van der Waals surface area contributed by atoms with Crippen molar-refractivity contribution in [1.29, 1.82) is 0 Å². The number of rotatable bonds is 6. The van der Waals surface area contributed by atoms with Crippen molar-refractivity contribution in [3.63, 3.8) is 0 Å². The van der Waals surface area contributed by atoms with Crippen molar-refractivity contribution in [2.24, 2.45) is 0 Å². The second kappa shape index (κ2) is 9.04. The maximum Gasteiger partial charge on any atom is 0.295 e. The van der Waals surface area contributed by atoms with Crippen LogP contribution < -0.4 is 4.90 Å². The Hall–Kier alpha value is -1.26. The number of morpholine rings is 1. The van der Waals surface area contributed by atoms with Crippen molar-refractivity contribution >= 4 is 64.5 Å². The lowest BCUT2D eigenvalue weighted by Crippen LogP contribution is -2.39. The zero-order valence-corrected chi connectivity index (χ0v) is 19.1. The van der Waals surface area contributed by atoms with Gasteiger partial charge in [0.05, 0.1) is 23.4 Å². The fourth-order valence-corrected chi connectivity index (χ4v) is 4.97. The second-order valence-electron chi connectivity index (χ2n) is 6.48. The number of hydrogen-bond acceptors (Lipinski definition) is 6. The van der Waals surface area contributed by atoms with E-state index in [0.29, 0.717) is 22.1 Å². The van der Waals surface area contributed by atoms with Gasteiger partial charge in [0.25, 0.3) is 5.91 Å². The fraction of sp³-hybridized carbons (Fsp3) is 0.368. The first-order valence-corrected chi connectivity index (χ1v) is 11.4. The number of furan rings is 1. The van der Waals surface area contributed by atoms with Crippen LogP contribution in [0.25, 0.3) is 10.2 Å². The third-order valence-electron chi connectivity index (χ3n) is 4.56. The minimum Gasteiger partial charge on any atom is -0.444 e. The first-order valence-electron chi connectivity index (χ1n) is 9.03. The minimum atomic E-state index is -0.175. The number of ether oxygens (including phenoxy) is 1. The Kier molecular flexibility index (Phi) is 6.47. The van der Waals surface area contributed by atoms with Gasteiger partial charge in [0.15, 0.2) is 15.6 Å². The summed E-state index contributed by atoms with van der Waals surface area (Å²) in [5.41, 5.74) is 0.884. The number of carbonyl (C=O) groups is 1. The summed E-state index contributed by atoms with van der Waals surface area (Å²) in [6.07, 6.45) is 0.854. The molecule has 1 aliphatic heterocycles. The Morgan fingerprint density at radius 2 is 2.04 bits per heavy atom. The van der Waals surface area contributed by atoms with Crippen LogP contribution in [0.3, 0.4) is 0 Å². The number of amides is 1. The molecule has 3 aromatic rings. The molecule has 0 N–H and O–H groups in total. The Morgan fingerprint density at radius 3 is 2.79 bits per heavy atom. The molecule has 0 unspecified atom stereocenters. The molecule has 1 saturated heterocycles. The Bertz CT molecular complexity index is 968. The van der Waals surface area contributed by atoms with Gasteiger partial charge in [-0.15, -0.1) is 0 Å². The molecule has 1 aliphatic rings. The molecule has 0 radical (unpaired) electrons. The third-order valence-corrected chi connectivity index (χ3v) is 6.52.